The Hall–Kier alpha value is -1.35. The number of rotatable bonds is 8. The summed E-state index contributed by atoms with van der Waals surface area (Å²) in [5, 5.41) is 1.07. The molecule has 6 nitrogen and oxygen atoms in total. The van der Waals surface area contributed by atoms with Gasteiger partial charge in [0.15, 0.2) is 0 Å². The molecular formula is C21H27Cl2N3O3S. The maximum atomic E-state index is 11.8. The van der Waals surface area contributed by atoms with E-state index in [9.17, 15) is 8.42 Å². The average molecular weight is 472 g/mol. The van der Waals surface area contributed by atoms with E-state index in [1.165, 1.54) is 25.2 Å². The van der Waals surface area contributed by atoms with E-state index in [-0.39, 0.29) is 25.1 Å². The van der Waals surface area contributed by atoms with Gasteiger partial charge >= 0.3 is 0 Å². The molecule has 2 aromatic rings. The molecule has 0 heterocycles. The minimum atomic E-state index is -3.46. The van der Waals surface area contributed by atoms with E-state index >= 15 is 0 Å². The largest absolute Gasteiger partial charge is 0.492 e. The quantitative estimate of drug-likeness (QED) is 0.577. The standard InChI is InChI=1S/C21H27Cl2N3O3S/c1-26(2)30(27,28)25-9-10-29-16-6-4-15-5-8-21(24)18(17(15)13-16)11-14-3-7-19(22)20(23)12-14/h3-4,6-7,12-13,18,21,25H,5,8-11,24H2,1-2H3. The summed E-state index contributed by atoms with van der Waals surface area (Å²) in [5.74, 6) is 0.841. The van der Waals surface area contributed by atoms with Crippen LogP contribution in [0.5, 0.6) is 5.75 Å². The molecule has 0 fully saturated rings. The fraction of sp³-hybridized carbons (Fsp3) is 0.429. The second kappa shape index (κ2) is 9.85. The predicted molar refractivity (Wildman–Crippen MR) is 122 cm³/mol. The Balaban J connectivity index is 1.71. The lowest BCUT2D eigenvalue weighted by Crippen LogP contribution is -2.37. The maximum Gasteiger partial charge on any atom is 0.279 e. The van der Waals surface area contributed by atoms with Gasteiger partial charge in [-0.25, -0.2) is 0 Å². The predicted octanol–water partition coefficient (Wildman–Crippen LogP) is 3.37. The molecule has 3 rings (SSSR count). The number of nitrogens with two attached hydrogens (primary N) is 1. The van der Waals surface area contributed by atoms with E-state index in [1.807, 2.05) is 30.3 Å². The van der Waals surface area contributed by atoms with Crippen LogP contribution in [0.25, 0.3) is 0 Å². The highest BCUT2D eigenvalue weighted by Gasteiger charge is 2.28. The Morgan fingerprint density at radius 2 is 1.93 bits per heavy atom. The zero-order valence-corrected chi connectivity index (χ0v) is 19.4. The zero-order valence-electron chi connectivity index (χ0n) is 17.1. The van der Waals surface area contributed by atoms with Crippen molar-refractivity contribution in [1.82, 2.24) is 9.03 Å². The number of ether oxygens (including phenoxy) is 1. The summed E-state index contributed by atoms with van der Waals surface area (Å²) < 4.78 is 32.9. The van der Waals surface area contributed by atoms with Gasteiger partial charge in [-0.1, -0.05) is 35.3 Å². The second-order valence-electron chi connectivity index (χ2n) is 7.65. The topological polar surface area (TPSA) is 84.7 Å². The van der Waals surface area contributed by atoms with Crippen LogP contribution in [0, 0.1) is 0 Å². The molecule has 0 saturated heterocycles. The summed E-state index contributed by atoms with van der Waals surface area (Å²) in [6, 6.07) is 11.7. The monoisotopic (exact) mass is 471 g/mol. The molecule has 2 aromatic carbocycles. The van der Waals surface area contributed by atoms with E-state index in [4.69, 9.17) is 33.7 Å². The van der Waals surface area contributed by atoms with Crippen LogP contribution in [0.2, 0.25) is 10.0 Å². The maximum absolute atomic E-state index is 11.8. The van der Waals surface area contributed by atoms with Crippen molar-refractivity contribution < 1.29 is 13.2 Å². The Morgan fingerprint density at radius 3 is 2.63 bits per heavy atom. The molecule has 2 unspecified atom stereocenters. The first kappa shape index (κ1) is 23.3. The van der Waals surface area contributed by atoms with Crippen molar-refractivity contribution in [3.63, 3.8) is 0 Å². The number of benzene rings is 2. The van der Waals surface area contributed by atoms with E-state index in [0.29, 0.717) is 15.8 Å². The highest BCUT2D eigenvalue weighted by Crippen LogP contribution is 2.36. The van der Waals surface area contributed by atoms with Crippen LogP contribution in [0.3, 0.4) is 0 Å². The lowest BCUT2D eigenvalue weighted by molar-refractivity contribution is 0.320. The molecule has 0 amide bonds. The molecule has 164 valence electrons. The minimum absolute atomic E-state index is 0.0362. The number of aryl methyl sites for hydroxylation is 1. The molecular weight excluding hydrogens is 445 g/mol. The lowest BCUT2D eigenvalue weighted by atomic mass is 9.76. The molecule has 0 aliphatic heterocycles. The number of hydrogen-bond donors (Lipinski definition) is 2. The van der Waals surface area contributed by atoms with Crippen molar-refractivity contribution in [2.75, 3.05) is 27.2 Å². The van der Waals surface area contributed by atoms with Gasteiger partial charge in [0.1, 0.15) is 12.4 Å². The van der Waals surface area contributed by atoms with Crippen molar-refractivity contribution in [3.8, 4) is 5.75 Å². The van der Waals surface area contributed by atoms with Crippen LogP contribution < -0.4 is 15.2 Å². The molecule has 0 saturated carbocycles. The van der Waals surface area contributed by atoms with Crippen LogP contribution in [0.15, 0.2) is 36.4 Å². The van der Waals surface area contributed by atoms with Gasteiger partial charge in [-0.15, -0.1) is 0 Å². The highest BCUT2D eigenvalue weighted by atomic mass is 35.5. The molecule has 3 N–H and O–H groups in total. The summed E-state index contributed by atoms with van der Waals surface area (Å²) in [6.07, 6.45) is 2.61. The van der Waals surface area contributed by atoms with Crippen LogP contribution in [0.1, 0.15) is 29.0 Å². The Bertz CT molecular complexity index is 999. The Labute approximate surface area is 188 Å². The van der Waals surface area contributed by atoms with Crippen LogP contribution in [-0.4, -0.2) is 46.0 Å². The number of hydrogen-bond acceptors (Lipinski definition) is 4. The van der Waals surface area contributed by atoms with E-state index in [2.05, 4.69) is 10.8 Å². The molecule has 9 heteroatoms. The first-order chi connectivity index (χ1) is 14.2. The average Bonchev–Trinajstić information content (AvgIpc) is 2.70. The summed E-state index contributed by atoms with van der Waals surface area (Å²) in [5.41, 5.74) is 10.0. The smallest absolute Gasteiger partial charge is 0.279 e. The number of nitrogens with zero attached hydrogens (tertiary/aromatic N) is 1. The van der Waals surface area contributed by atoms with Gasteiger partial charge in [-0.3, -0.25) is 0 Å². The van der Waals surface area contributed by atoms with E-state index < -0.39 is 10.2 Å². The molecule has 2 atom stereocenters. The lowest BCUT2D eigenvalue weighted by Gasteiger charge is -2.32. The van der Waals surface area contributed by atoms with Crippen molar-refractivity contribution in [3.05, 3.63) is 63.1 Å². The minimum Gasteiger partial charge on any atom is -0.492 e. The fourth-order valence-electron chi connectivity index (χ4n) is 3.64. The first-order valence-electron chi connectivity index (χ1n) is 9.79. The molecule has 0 radical (unpaired) electrons. The second-order valence-corrected chi connectivity index (χ2v) is 10.4. The van der Waals surface area contributed by atoms with Crippen molar-refractivity contribution in [2.45, 2.75) is 31.2 Å². The normalized spacial score (nSPS) is 19.0. The van der Waals surface area contributed by atoms with Gasteiger partial charge in [-0.05, 0) is 60.2 Å². The summed E-state index contributed by atoms with van der Waals surface area (Å²) in [6.45, 7) is 0.416. The third-order valence-electron chi connectivity index (χ3n) is 5.36. The van der Waals surface area contributed by atoms with E-state index in [0.717, 1.165) is 29.1 Å². The third-order valence-corrected chi connectivity index (χ3v) is 7.63. The van der Waals surface area contributed by atoms with Crippen molar-refractivity contribution in [2.24, 2.45) is 5.73 Å². The summed E-state index contributed by atoms with van der Waals surface area (Å²) >= 11 is 12.2. The van der Waals surface area contributed by atoms with Gasteiger partial charge < -0.3 is 10.5 Å². The van der Waals surface area contributed by atoms with E-state index in [1.54, 1.807) is 0 Å². The molecule has 0 aromatic heterocycles. The Kier molecular flexibility index (Phi) is 7.66. The van der Waals surface area contributed by atoms with Gasteiger partial charge in [0.05, 0.1) is 10.0 Å². The molecule has 0 bridgehead atoms. The summed E-state index contributed by atoms with van der Waals surface area (Å²) in [7, 11) is -0.505. The molecule has 0 spiro atoms. The zero-order chi connectivity index (χ0) is 21.9. The SMILES string of the molecule is CN(C)S(=O)(=O)NCCOc1ccc2c(c1)C(Cc1ccc(Cl)c(Cl)c1)C(N)CC2. The number of halogens is 2. The van der Waals surface area contributed by atoms with Gasteiger partial charge in [0, 0.05) is 32.6 Å². The molecule has 1 aliphatic rings. The number of fused-ring (bicyclic) bond motifs is 1. The highest BCUT2D eigenvalue weighted by molar-refractivity contribution is 7.87. The summed E-state index contributed by atoms with van der Waals surface area (Å²) in [4.78, 5) is 0. The molecule has 1 aliphatic carbocycles. The third kappa shape index (κ3) is 5.66. The Morgan fingerprint density at radius 1 is 1.17 bits per heavy atom. The van der Waals surface area contributed by atoms with Gasteiger partial charge in [0.25, 0.3) is 10.2 Å². The molecule has 30 heavy (non-hydrogen) atoms. The van der Waals surface area contributed by atoms with Crippen LogP contribution in [-0.2, 0) is 23.1 Å². The van der Waals surface area contributed by atoms with Crippen molar-refractivity contribution in [1.29, 1.82) is 0 Å². The van der Waals surface area contributed by atoms with Gasteiger partial charge in [-0.2, -0.15) is 17.4 Å². The van der Waals surface area contributed by atoms with Gasteiger partial charge in [0.2, 0.25) is 0 Å². The fourth-order valence-corrected chi connectivity index (χ4v) is 4.56. The van der Waals surface area contributed by atoms with Crippen LogP contribution >= 0.6 is 23.2 Å². The van der Waals surface area contributed by atoms with Crippen molar-refractivity contribution >= 4 is 33.4 Å². The first-order valence-corrected chi connectivity index (χ1v) is 12.0. The van der Waals surface area contributed by atoms with Crippen LogP contribution in [0.4, 0.5) is 0 Å². The number of nitrogens with one attached hydrogen (secondary N) is 1.